The zero-order valence-electron chi connectivity index (χ0n) is 18.3. The van der Waals surface area contributed by atoms with Crippen molar-refractivity contribution in [2.45, 2.75) is 0 Å². The summed E-state index contributed by atoms with van der Waals surface area (Å²) in [6.07, 6.45) is 0. The molecule has 0 aliphatic rings. The maximum absolute atomic E-state index is 11.2. The largest absolute Gasteiger partial charge is 0.497 e. The Labute approximate surface area is 194 Å². The third-order valence-corrected chi connectivity index (χ3v) is 6.20. The Bertz CT molecular complexity index is 1700. The fourth-order valence-corrected chi connectivity index (χ4v) is 4.61. The van der Waals surface area contributed by atoms with Crippen LogP contribution in [-0.2, 0) is 0 Å². The smallest absolute Gasteiger partial charge is 0.269 e. The first-order valence-corrected chi connectivity index (χ1v) is 10.9. The second-order valence-electron chi connectivity index (χ2n) is 8.06. The first-order valence-electron chi connectivity index (χ1n) is 10.9. The van der Waals surface area contributed by atoms with Crippen LogP contribution in [0.5, 0.6) is 5.75 Å². The summed E-state index contributed by atoms with van der Waals surface area (Å²) in [5, 5.41) is 15.6. The van der Waals surface area contributed by atoms with Crippen molar-refractivity contribution in [1.82, 2.24) is 9.55 Å². The van der Waals surface area contributed by atoms with E-state index >= 15 is 0 Å². The lowest BCUT2D eigenvalue weighted by molar-refractivity contribution is -0.384. The van der Waals surface area contributed by atoms with Gasteiger partial charge in [-0.1, -0.05) is 48.5 Å². The molecule has 1 heterocycles. The van der Waals surface area contributed by atoms with Crippen molar-refractivity contribution in [1.29, 1.82) is 0 Å². The predicted octanol–water partition coefficient (Wildman–Crippen LogP) is 6.92. The number of nitro groups is 1. The van der Waals surface area contributed by atoms with Crippen LogP contribution in [0.4, 0.5) is 5.69 Å². The van der Waals surface area contributed by atoms with Crippen LogP contribution in [-0.4, -0.2) is 21.6 Å². The molecule has 0 spiro atoms. The molecule has 6 heteroatoms. The Kier molecular flexibility index (Phi) is 4.52. The molecule has 0 saturated heterocycles. The first-order chi connectivity index (χ1) is 16.7. The second-order valence-corrected chi connectivity index (χ2v) is 8.06. The molecule has 0 fully saturated rings. The first kappa shape index (κ1) is 19.9. The molecule has 0 saturated carbocycles. The van der Waals surface area contributed by atoms with E-state index in [9.17, 15) is 10.1 Å². The number of aromatic nitrogens is 2. The molecule has 0 N–H and O–H groups in total. The van der Waals surface area contributed by atoms with Gasteiger partial charge in [0.05, 0.1) is 23.1 Å². The van der Waals surface area contributed by atoms with Gasteiger partial charge >= 0.3 is 0 Å². The van der Waals surface area contributed by atoms with Crippen LogP contribution in [0.1, 0.15) is 0 Å². The van der Waals surface area contributed by atoms with E-state index in [0.717, 1.165) is 55.4 Å². The van der Waals surface area contributed by atoms with Crippen LogP contribution in [0.15, 0.2) is 97.1 Å². The highest BCUT2D eigenvalue weighted by Crippen LogP contribution is 2.39. The van der Waals surface area contributed by atoms with Gasteiger partial charge in [0.25, 0.3) is 5.69 Å². The highest BCUT2D eigenvalue weighted by Gasteiger charge is 2.20. The lowest BCUT2D eigenvalue weighted by atomic mass is 10.00. The molecule has 0 amide bonds. The Morgan fingerprint density at radius 1 is 0.765 bits per heavy atom. The molecule has 6 aromatic rings. The molecule has 6 rings (SSSR count). The van der Waals surface area contributed by atoms with Crippen molar-refractivity contribution in [3.63, 3.8) is 0 Å². The SMILES string of the molecule is COc1ccc(-n2c(-c3ccc([N+](=O)[O-])cc3)nc3c4ccccc4c4ccccc4c32)cc1. The monoisotopic (exact) mass is 445 g/mol. The van der Waals surface area contributed by atoms with Crippen molar-refractivity contribution in [3.05, 3.63) is 107 Å². The number of ether oxygens (including phenoxy) is 1. The van der Waals surface area contributed by atoms with Crippen LogP contribution in [0, 0.1) is 10.1 Å². The summed E-state index contributed by atoms with van der Waals surface area (Å²) in [4.78, 5) is 15.9. The van der Waals surface area contributed by atoms with Crippen LogP contribution >= 0.6 is 0 Å². The number of fused-ring (bicyclic) bond motifs is 6. The van der Waals surface area contributed by atoms with Crippen molar-refractivity contribution in [2.24, 2.45) is 0 Å². The minimum Gasteiger partial charge on any atom is -0.497 e. The summed E-state index contributed by atoms with van der Waals surface area (Å²) in [5.74, 6) is 1.48. The lowest BCUT2D eigenvalue weighted by Gasteiger charge is -2.13. The van der Waals surface area contributed by atoms with Crippen LogP contribution in [0.2, 0.25) is 0 Å². The molecular weight excluding hydrogens is 426 g/mol. The predicted molar refractivity (Wildman–Crippen MR) is 135 cm³/mol. The lowest BCUT2D eigenvalue weighted by Crippen LogP contribution is -1.98. The second kappa shape index (κ2) is 7.71. The zero-order chi connectivity index (χ0) is 23.2. The van der Waals surface area contributed by atoms with Gasteiger partial charge in [0, 0.05) is 34.2 Å². The zero-order valence-corrected chi connectivity index (χ0v) is 18.3. The summed E-state index contributed by atoms with van der Waals surface area (Å²) in [7, 11) is 1.64. The maximum atomic E-state index is 11.2. The molecule has 0 aliphatic carbocycles. The molecule has 0 bridgehead atoms. The molecule has 0 unspecified atom stereocenters. The van der Waals surface area contributed by atoms with E-state index in [1.165, 1.54) is 12.1 Å². The highest BCUT2D eigenvalue weighted by atomic mass is 16.6. The number of hydrogen-bond donors (Lipinski definition) is 0. The Morgan fingerprint density at radius 2 is 1.35 bits per heavy atom. The minimum absolute atomic E-state index is 0.0479. The average Bonchev–Trinajstić information content (AvgIpc) is 3.30. The van der Waals surface area contributed by atoms with Gasteiger partial charge in [-0.25, -0.2) is 4.98 Å². The highest BCUT2D eigenvalue weighted by molar-refractivity contribution is 6.24. The quantitative estimate of drug-likeness (QED) is 0.168. The molecule has 164 valence electrons. The molecular formula is C28H19N3O3. The van der Waals surface area contributed by atoms with Crippen LogP contribution < -0.4 is 4.74 Å². The van der Waals surface area contributed by atoms with E-state index in [2.05, 4.69) is 28.8 Å². The number of methoxy groups -OCH3 is 1. The van der Waals surface area contributed by atoms with Gasteiger partial charge in [0.2, 0.25) is 0 Å². The van der Waals surface area contributed by atoms with E-state index in [0.29, 0.717) is 0 Å². The van der Waals surface area contributed by atoms with Crippen molar-refractivity contribution in [2.75, 3.05) is 7.11 Å². The number of nitro benzene ring substituents is 1. The number of hydrogen-bond acceptors (Lipinski definition) is 4. The van der Waals surface area contributed by atoms with Crippen molar-refractivity contribution in [3.8, 4) is 22.8 Å². The summed E-state index contributed by atoms with van der Waals surface area (Å²) < 4.78 is 7.49. The Morgan fingerprint density at radius 3 is 1.97 bits per heavy atom. The molecule has 6 nitrogen and oxygen atoms in total. The molecule has 5 aromatic carbocycles. The molecule has 0 radical (unpaired) electrons. The van der Waals surface area contributed by atoms with Crippen molar-refractivity contribution < 1.29 is 9.66 Å². The molecule has 34 heavy (non-hydrogen) atoms. The number of non-ortho nitro benzene ring substituents is 1. The van der Waals surface area contributed by atoms with Gasteiger partial charge in [-0.2, -0.15) is 0 Å². The van der Waals surface area contributed by atoms with Gasteiger partial charge in [0.15, 0.2) is 0 Å². The third-order valence-electron chi connectivity index (χ3n) is 6.20. The molecule has 0 atom stereocenters. The number of nitrogens with zero attached hydrogens (tertiary/aromatic N) is 3. The summed E-state index contributed by atoms with van der Waals surface area (Å²) in [6.45, 7) is 0. The topological polar surface area (TPSA) is 70.2 Å². The van der Waals surface area contributed by atoms with E-state index in [-0.39, 0.29) is 5.69 Å². The Balaban J connectivity index is 1.77. The van der Waals surface area contributed by atoms with E-state index in [1.54, 1.807) is 19.2 Å². The van der Waals surface area contributed by atoms with E-state index < -0.39 is 4.92 Å². The van der Waals surface area contributed by atoms with Crippen molar-refractivity contribution >= 4 is 38.3 Å². The van der Waals surface area contributed by atoms with Gasteiger partial charge in [-0.15, -0.1) is 0 Å². The van der Waals surface area contributed by atoms with Gasteiger partial charge in [-0.3, -0.25) is 14.7 Å². The standard InChI is InChI=1S/C28H19N3O3/c1-34-21-16-14-19(15-17-21)30-27-25-9-5-3-7-23(25)22-6-2-4-8-24(22)26(27)29-28(30)18-10-12-20(13-11-18)31(32)33/h2-17H,1H3. The van der Waals surface area contributed by atoms with Gasteiger partial charge < -0.3 is 4.74 Å². The minimum atomic E-state index is -0.392. The Hall–Kier alpha value is -4.71. The third kappa shape index (κ3) is 3.00. The van der Waals surface area contributed by atoms with E-state index in [1.807, 2.05) is 48.5 Å². The van der Waals surface area contributed by atoms with Crippen LogP contribution in [0.3, 0.4) is 0 Å². The number of imidazole rings is 1. The summed E-state index contributed by atoms with van der Waals surface area (Å²) in [6, 6.07) is 31.0. The molecule has 0 aliphatic heterocycles. The maximum Gasteiger partial charge on any atom is 0.269 e. The normalized spacial score (nSPS) is 11.3. The number of benzene rings is 5. The summed E-state index contributed by atoms with van der Waals surface area (Å²) in [5.41, 5.74) is 3.65. The average molecular weight is 445 g/mol. The fourth-order valence-electron chi connectivity index (χ4n) is 4.61. The fraction of sp³-hybridized carbons (Fsp3) is 0.0357. The van der Waals surface area contributed by atoms with Gasteiger partial charge in [-0.05, 0) is 47.2 Å². The van der Waals surface area contributed by atoms with Gasteiger partial charge in [0.1, 0.15) is 11.6 Å². The molecule has 1 aromatic heterocycles. The summed E-state index contributed by atoms with van der Waals surface area (Å²) >= 11 is 0. The van der Waals surface area contributed by atoms with Crippen LogP contribution in [0.25, 0.3) is 49.7 Å². The number of rotatable bonds is 4. The van der Waals surface area contributed by atoms with E-state index in [4.69, 9.17) is 9.72 Å².